The summed E-state index contributed by atoms with van der Waals surface area (Å²) in [5, 5.41) is 32.7. The summed E-state index contributed by atoms with van der Waals surface area (Å²) in [5.41, 5.74) is -0.398. The fourth-order valence-electron chi connectivity index (χ4n) is 3.58. The summed E-state index contributed by atoms with van der Waals surface area (Å²) in [6.45, 7) is 2.56. The summed E-state index contributed by atoms with van der Waals surface area (Å²) >= 11 is 0. The van der Waals surface area contributed by atoms with Crippen LogP contribution in [0.25, 0.3) is 0 Å². The second-order valence-corrected chi connectivity index (χ2v) is 6.99. The number of aliphatic hydroxyl groups excluding tert-OH is 1. The molecular formula is C17H22N4O6. The molecule has 27 heavy (non-hydrogen) atoms. The van der Waals surface area contributed by atoms with Gasteiger partial charge in [-0.3, -0.25) is 25.0 Å². The van der Waals surface area contributed by atoms with Crippen molar-refractivity contribution in [2.75, 3.05) is 31.1 Å². The standard InChI is InChI=1S/C17H22N4O6/c1-11-13(10-22)9-14(20(24)25)16(15(11)21(26)27)18-5-2-6-19(8-7-18)17(23)12-3-4-12/h9,12,22H,2-8,10H2,1H3. The largest absolute Gasteiger partial charge is 0.392 e. The maximum absolute atomic E-state index is 12.3. The van der Waals surface area contributed by atoms with E-state index in [4.69, 9.17) is 0 Å². The van der Waals surface area contributed by atoms with E-state index in [0.29, 0.717) is 26.1 Å². The Balaban J connectivity index is 1.99. The van der Waals surface area contributed by atoms with Crippen molar-refractivity contribution in [1.29, 1.82) is 0 Å². The summed E-state index contributed by atoms with van der Waals surface area (Å²) in [4.78, 5) is 37.7. The monoisotopic (exact) mass is 378 g/mol. The average molecular weight is 378 g/mol. The van der Waals surface area contributed by atoms with Gasteiger partial charge in [-0.05, 0) is 31.7 Å². The minimum Gasteiger partial charge on any atom is -0.392 e. The predicted molar refractivity (Wildman–Crippen MR) is 96.5 cm³/mol. The molecule has 1 saturated heterocycles. The number of carbonyl (C=O) groups excluding carboxylic acids is 1. The van der Waals surface area contributed by atoms with Crippen LogP contribution in [0.4, 0.5) is 17.1 Å². The lowest BCUT2D eigenvalue weighted by atomic mass is 10.0. The Kier molecular flexibility index (Phi) is 5.26. The molecule has 146 valence electrons. The van der Waals surface area contributed by atoms with E-state index < -0.39 is 22.1 Å². The highest BCUT2D eigenvalue weighted by Gasteiger charge is 2.37. The van der Waals surface area contributed by atoms with Gasteiger partial charge in [0.1, 0.15) is 0 Å². The zero-order chi connectivity index (χ0) is 19.7. The third-order valence-electron chi connectivity index (χ3n) is 5.21. The second-order valence-electron chi connectivity index (χ2n) is 6.99. The van der Waals surface area contributed by atoms with Gasteiger partial charge in [0.2, 0.25) is 5.91 Å². The molecule has 0 bridgehead atoms. The lowest BCUT2D eigenvalue weighted by Crippen LogP contribution is -2.36. The molecule has 0 radical (unpaired) electrons. The highest BCUT2D eigenvalue weighted by Crippen LogP contribution is 2.42. The summed E-state index contributed by atoms with van der Waals surface area (Å²) in [7, 11) is 0. The zero-order valence-electron chi connectivity index (χ0n) is 15.1. The molecule has 1 aliphatic carbocycles. The van der Waals surface area contributed by atoms with Crippen LogP contribution in [0.3, 0.4) is 0 Å². The number of amides is 1. The first kappa shape index (κ1) is 19.0. The fraction of sp³-hybridized carbons (Fsp3) is 0.588. The minimum atomic E-state index is -0.654. The molecule has 3 rings (SSSR count). The number of nitro benzene ring substituents is 2. The lowest BCUT2D eigenvalue weighted by molar-refractivity contribution is -0.393. The van der Waals surface area contributed by atoms with E-state index in [9.17, 15) is 30.1 Å². The molecule has 1 aromatic carbocycles. The summed E-state index contributed by atoms with van der Waals surface area (Å²) in [6, 6.07) is 1.20. The van der Waals surface area contributed by atoms with Crippen LogP contribution < -0.4 is 4.90 Å². The number of rotatable bonds is 5. The smallest absolute Gasteiger partial charge is 0.302 e. The number of hydrogen-bond donors (Lipinski definition) is 1. The van der Waals surface area contributed by atoms with Crippen molar-refractivity contribution >= 4 is 23.0 Å². The van der Waals surface area contributed by atoms with Gasteiger partial charge in [-0.25, -0.2) is 0 Å². The van der Waals surface area contributed by atoms with E-state index in [2.05, 4.69) is 0 Å². The van der Waals surface area contributed by atoms with E-state index in [1.165, 1.54) is 13.0 Å². The highest BCUT2D eigenvalue weighted by atomic mass is 16.6. The van der Waals surface area contributed by atoms with Gasteiger partial charge in [0.25, 0.3) is 5.69 Å². The van der Waals surface area contributed by atoms with Crippen molar-refractivity contribution in [3.63, 3.8) is 0 Å². The lowest BCUT2D eigenvalue weighted by Gasteiger charge is -2.24. The molecule has 1 heterocycles. The quantitative estimate of drug-likeness (QED) is 0.610. The molecular weight excluding hydrogens is 356 g/mol. The van der Waals surface area contributed by atoms with Gasteiger partial charge in [-0.15, -0.1) is 0 Å². The Bertz CT molecular complexity index is 792. The van der Waals surface area contributed by atoms with E-state index in [1.807, 2.05) is 0 Å². The average Bonchev–Trinajstić information content (AvgIpc) is 3.46. The van der Waals surface area contributed by atoms with Crippen LogP contribution in [-0.4, -0.2) is 51.9 Å². The summed E-state index contributed by atoms with van der Waals surface area (Å²) in [5.74, 6) is 0.193. The van der Waals surface area contributed by atoms with Crippen molar-refractivity contribution < 1.29 is 19.7 Å². The van der Waals surface area contributed by atoms with Gasteiger partial charge in [-0.2, -0.15) is 0 Å². The third kappa shape index (κ3) is 3.70. The molecule has 2 fully saturated rings. The number of nitro groups is 2. The van der Waals surface area contributed by atoms with Crippen molar-refractivity contribution in [3.05, 3.63) is 37.4 Å². The fourth-order valence-corrected chi connectivity index (χ4v) is 3.58. The molecule has 1 amide bonds. The summed E-state index contributed by atoms with van der Waals surface area (Å²) < 4.78 is 0. The number of anilines is 1. The second kappa shape index (κ2) is 7.47. The van der Waals surface area contributed by atoms with Crippen LogP contribution in [0.2, 0.25) is 0 Å². The van der Waals surface area contributed by atoms with Gasteiger partial charge in [-0.1, -0.05) is 0 Å². The first-order valence-electron chi connectivity index (χ1n) is 8.95. The van der Waals surface area contributed by atoms with Gasteiger partial charge in [0.15, 0.2) is 5.69 Å². The number of nitrogens with zero attached hydrogens (tertiary/aromatic N) is 4. The van der Waals surface area contributed by atoms with Crippen LogP contribution in [0, 0.1) is 33.1 Å². The highest BCUT2D eigenvalue weighted by molar-refractivity contribution is 5.82. The van der Waals surface area contributed by atoms with E-state index in [0.717, 1.165) is 12.8 Å². The van der Waals surface area contributed by atoms with Gasteiger partial charge in [0, 0.05) is 43.7 Å². The van der Waals surface area contributed by atoms with Crippen LogP contribution in [0.5, 0.6) is 0 Å². The summed E-state index contributed by atoms with van der Waals surface area (Å²) in [6.07, 6.45) is 2.38. The topological polar surface area (TPSA) is 130 Å². The maximum Gasteiger partial charge on any atom is 0.302 e. The molecule has 1 saturated carbocycles. The van der Waals surface area contributed by atoms with Crippen molar-refractivity contribution in [2.24, 2.45) is 5.92 Å². The van der Waals surface area contributed by atoms with Crippen LogP contribution in [0.1, 0.15) is 30.4 Å². The molecule has 0 spiro atoms. The van der Waals surface area contributed by atoms with Crippen LogP contribution in [0.15, 0.2) is 6.07 Å². The molecule has 2 aliphatic rings. The number of carbonyl (C=O) groups is 1. The molecule has 0 unspecified atom stereocenters. The molecule has 1 aliphatic heterocycles. The molecule has 10 nitrogen and oxygen atoms in total. The molecule has 1 aromatic rings. The molecule has 0 atom stereocenters. The van der Waals surface area contributed by atoms with Gasteiger partial charge < -0.3 is 14.9 Å². The molecule has 0 aromatic heterocycles. The van der Waals surface area contributed by atoms with Gasteiger partial charge in [0.05, 0.1) is 16.5 Å². The number of benzene rings is 1. The van der Waals surface area contributed by atoms with Crippen molar-refractivity contribution in [2.45, 2.75) is 32.8 Å². The van der Waals surface area contributed by atoms with E-state index >= 15 is 0 Å². The Labute approximate surface area is 155 Å². The van der Waals surface area contributed by atoms with Crippen molar-refractivity contribution in [1.82, 2.24) is 4.90 Å². The SMILES string of the molecule is Cc1c(CO)cc([N+](=O)[O-])c(N2CCCN(C(=O)C3CC3)CC2)c1[N+](=O)[O-]. The normalized spacial score (nSPS) is 17.6. The molecule has 1 N–H and O–H groups in total. The van der Waals surface area contributed by atoms with Crippen LogP contribution >= 0.6 is 0 Å². The Morgan fingerprint density at radius 2 is 1.89 bits per heavy atom. The van der Waals surface area contributed by atoms with Crippen LogP contribution in [-0.2, 0) is 11.4 Å². The number of hydrogen-bond acceptors (Lipinski definition) is 7. The Morgan fingerprint density at radius 3 is 2.44 bits per heavy atom. The van der Waals surface area contributed by atoms with Gasteiger partial charge >= 0.3 is 5.69 Å². The number of aliphatic hydroxyl groups is 1. The minimum absolute atomic E-state index is 0.0413. The molecule has 10 heteroatoms. The zero-order valence-corrected chi connectivity index (χ0v) is 15.1. The first-order valence-corrected chi connectivity index (χ1v) is 8.95. The third-order valence-corrected chi connectivity index (χ3v) is 5.21. The Hall–Kier alpha value is -2.75. The van der Waals surface area contributed by atoms with E-state index in [1.54, 1.807) is 9.80 Å². The van der Waals surface area contributed by atoms with E-state index in [-0.39, 0.29) is 40.9 Å². The maximum atomic E-state index is 12.3. The first-order chi connectivity index (χ1) is 12.8. The van der Waals surface area contributed by atoms with Crippen molar-refractivity contribution in [3.8, 4) is 0 Å². The Morgan fingerprint density at radius 1 is 1.19 bits per heavy atom. The predicted octanol–water partition coefficient (Wildman–Crippen LogP) is 1.75.